The van der Waals surface area contributed by atoms with Crippen molar-refractivity contribution in [2.45, 2.75) is 45.5 Å². The maximum Gasteiger partial charge on any atom is 0.416 e. The third-order valence-corrected chi connectivity index (χ3v) is 4.58. The SMILES string of the molecule is CC(C)CN(Cc1c(C(F)(F)F)ccc(Cl)c1F)C1CCNCC1. The molecule has 1 fully saturated rings. The largest absolute Gasteiger partial charge is 0.416 e. The van der Waals surface area contributed by atoms with E-state index < -0.39 is 17.6 Å². The van der Waals surface area contributed by atoms with Crippen LogP contribution in [0.5, 0.6) is 0 Å². The molecule has 7 heteroatoms. The molecule has 0 unspecified atom stereocenters. The van der Waals surface area contributed by atoms with Crippen LogP contribution in [0.3, 0.4) is 0 Å². The smallest absolute Gasteiger partial charge is 0.317 e. The van der Waals surface area contributed by atoms with Crippen molar-refractivity contribution in [3.05, 3.63) is 34.1 Å². The molecule has 1 aliphatic heterocycles. The van der Waals surface area contributed by atoms with E-state index in [4.69, 9.17) is 11.6 Å². The highest BCUT2D eigenvalue weighted by atomic mass is 35.5. The summed E-state index contributed by atoms with van der Waals surface area (Å²) >= 11 is 5.74. The topological polar surface area (TPSA) is 15.3 Å². The molecule has 0 saturated carbocycles. The van der Waals surface area contributed by atoms with Gasteiger partial charge < -0.3 is 5.32 Å². The number of alkyl halides is 3. The summed E-state index contributed by atoms with van der Waals surface area (Å²) in [5.41, 5.74) is -1.29. The highest BCUT2D eigenvalue weighted by Gasteiger charge is 2.36. The molecule has 1 aromatic rings. The second kappa shape index (κ2) is 8.02. The molecule has 2 nitrogen and oxygen atoms in total. The first-order valence-electron chi connectivity index (χ1n) is 8.19. The third kappa shape index (κ3) is 4.83. The van der Waals surface area contributed by atoms with Crippen molar-refractivity contribution in [2.75, 3.05) is 19.6 Å². The van der Waals surface area contributed by atoms with Crippen LogP contribution >= 0.6 is 11.6 Å². The summed E-state index contributed by atoms with van der Waals surface area (Å²) in [6.07, 6.45) is -2.91. The van der Waals surface area contributed by atoms with Gasteiger partial charge in [-0.25, -0.2) is 4.39 Å². The zero-order valence-electron chi connectivity index (χ0n) is 13.9. The highest BCUT2D eigenvalue weighted by Crippen LogP contribution is 2.36. The van der Waals surface area contributed by atoms with E-state index in [0.29, 0.717) is 6.54 Å². The molecule has 136 valence electrons. The molecule has 1 saturated heterocycles. The number of hydrogen-bond donors (Lipinski definition) is 1. The molecule has 0 bridgehead atoms. The summed E-state index contributed by atoms with van der Waals surface area (Å²) in [4.78, 5) is 1.97. The van der Waals surface area contributed by atoms with Gasteiger partial charge in [-0.2, -0.15) is 13.2 Å². The molecule has 0 amide bonds. The molecule has 1 N–H and O–H groups in total. The fourth-order valence-electron chi connectivity index (χ4n) is 3.20. The summed E-state index contributed by atoms with van der Waals surface area (Å²) in [6.45, 7) is 6.20. The van der Waals surface area contributed by atoms with Gasteiger partial charge in [0.2, 0.25) is 0 Å². The van der Waals surface area contributed by atoms with Gasteiger partial charge in [0.25, 0.3) is 0 Å². The minimum absolute atomic E-state index is 0.0793. The van der Waals surface area contributed by atoms with Crippen molar-refractivity contribution >= 4 is 11.6 Å². The van der Waals surface area contributed by atoms with E-state index in [1.54, 1.807) is 0 Å². The number of benzene rings is 1. The van der Waals surface area contributed by atoms with Gasteiger partial charge in [0, 0.05) is 24.7 Å². The van der Waals surface area contributed by atoms with Crippen molar-refractivity contribution in [2.24, 2.45) is 5.92 Å². The number of nitrogens with one attached hydrogen (secondary N) is 1. The van der Waals surface area contributed by atoms with Gasteiger partial charge in [0.15, 0.2) is 0 Å². The second-order valence-corrected chi connectivity index (χ2v) is 7.10. The molecule has 24 heavy (non-hydrogen) atoms. The quantitative estimate of drug-likeness (QED) is 0.759. The van der Waals surface area contributed by atoms with Crippen molar-refractivity contribution in [3.63, 3.8) is 0 Å². The van der Waals surface area contributed by atoms with Crippen molar-refractivity contribution in [3.8, 4) is 0 Å². The Balaban J connectivity index is 2.35. The number of rotatable bonds is 5. The molecule has 0 aliphatic carbocycles. The molecule has 0 atom stereocenters. The van der Waals surface area contributed by atoms with Gasteiger partial charge in [-0.3, -0.25) is 4.90 Å². The number of hydrogen-bond acceptors (Lipinski definition) is 2. The van der Waals surface area contributed by atoms with Crippen molar-refractivity contribution < 1.29 is 17.6 Å². The minimum atomic E-state index is -4.60. The van der Waals surface area contributed by atoms with Crippen LogP contribution in [0.1, 0.15) is 37.8 Å². The standard InChI is InChI=1S/C17H23ClF4N2/c1-11(2)9-24(12-5-7-23-8-6-12)10-13-14(17(20,21)22)3-4-15(18)16(13)19/h3-4,11-12,23H,5-10H2,1-2H3. The lowest BCUT2D eigenvalue weighted by atomic mass is 9.99. The van der Waals surface area contributed by atoms with E-state index in [2.05, 4.69) is 5.32 Å². The first kappa shape index (κ1) is 19.5. The summed E-state index contributed by atoms with van der Waals surface area (Å²) in [5, 5.41) is 2.97. The molecule has 0 radical (unpaired) electrons. The van der Waals surface area contributed by atoms with E-state index in [0.717, 1.165) is 38.1 Å². The lowest BCUT2D eigenvalue weighted by Crippen LogP contribution is -2.44. The van der Waals surface area contributed by atoms with E-state index in [1.807, 2.05) is 18.7 Å². The third-order valence-electron chi connectivity index (χ3n) is 4.29. The molecule has 1 aromatic carbocycles. The van der Waals surface area contributed by atoms with E-state index in [-0.39, 0.29) is 29.1 Å². The number of piperidine rings is 1. The van der Waals surface area contributed by atoms with E-state index in [9.17, 15) is 17.6 Å². The molecule has 1 aliphatic rings. The first-order valence-corrected chi connectivity index (χ1v) is 8.56. The molecule has 2 rings (SSSR count). The maximum absolute atomic E-state index is 14.4. The van der Waals surface area contributed by atoms with Crippen LogP contribution in [-0.4, -0.2) is 30.6 Å². The fourth-order valence-corrected chi connectivity index (χ4v) is 3.38. The van der Waals surface area contributed by atoms with Crippen LogP contribution in [0.15, 0.2) is 12.1 Å². The molecule has 1 heterocycles. The predicted octanol–water partition coefficient (Wildman–Crippen LogP) is 4.71. The molecule has 0 aromatic heterocycles. The number of nitrogens with zero attached hydrogens (tertiary/aromatic N) is 1. The van der Waals surface area contributed by atoms with Crippen LogP contribution < -0.4 is 5.32 Å². The van der Waals surface area contributed by atoms with Crippen molar-refractivity contribution in [1.29, 1.82) is 0 Å². The van der Waals surface area contributed by atoms with E-state index in [1.165, 1.54) is 0 Å². The van der Waals surface area contributed by atoms with Gasteiger partial charge in [0.1, 0.15) is 5.82 Å². The average Bonchev–Trinajstić information content (AvgIpc) is 2.50. The van der Waals surface area contributed by atoms with Crippen LogP contribution in [0, 0.1) is 11.7 Å². The van der Waals surface area contributed by atoms with E-state index >= 15 is 0 Å². The Hall–Kier alpha value is -0.850. The van der Waals surface area contributed by atoms with Gasteiger partial charge in [-0.1, -0.05) is 25.4 Å². The maximum atomic E-state index is 14.4. The summed E-state index contributed by atoms with van der Waals surface area (Å²) in [5.74, 6) is -0.689. The lowest BCUT2D eigenvalue weighted by Gasteiger charge is -2.36. The Kier molecular flexibility index (Phi) is 6.51. The Morgan fingerprint density at radius 2 is 1.88 bits per heavy atom. The normalized spacial score (nSPS) is 17.0. The van der Waals surface area contributed by atoms with Crippen LogP contribution in [-0.2, 0) is 12.7 Å². The van der Waals surface area contributed by atoms with Gasteiger partial charge in [-0.05, 0) is 44.0 Å². The van der Waals surface area contributed by atoms with Crippen molar-refractivity contribution in [1.82, 2.24) is 10.2 Å². The average molecular weight is 367 g/mol. The zero-order valence-corrected chi connectivity index (χ0v) is 14.6. The Morgan fingerprint density at radius 1 is 1.25 bits per heavy atom. The fraction of sp³-hybridized carbons (Fsp3) is 0.647. The highest BCUT2D eigenvalue weighted by molar-refractivity contribution is 6.30. The summed E-state index contributed by atoms with van der Waals surface area (Å²) in [7, 11) is 0. The Morgan fingerprint density at radius 3 is 2.42 bits per heavy atom. The lowest BCUT2D eigenvalue weighted by molar-refractivity contribution is -0.138. The summed E-state index contributed by atoms with van der Waals surface area (Å²) in [6, 6.07) is 1.99. The zero-order chi connectivity index (χ0) is 17.9. The second-order valence-electron chi connectivity index (χ2n) is 6.69. The monoisotopic (exact) mass is 366 g/mol. The minimum Gasteiger partial charge on any atom is -0.317 e. The van der Waals surface area contributed by atoms with Gasteiger partial charge in [0.05, 0.1) is 10.6 Å². The summed E-state index contributed by atoms with van der Waals surface area (Å²) < 4.78 is 54.2. The molecular formula is C17H23ClF4N2. The Bertz CT molecular complexity index is 554. The van der Waals surface area contributed by atoms with Gasteiger partial charge >= 0.3 is 6.18 Å². The predicted molar refractivity (Wildman–Crippen MR) is 87.6 cm³/mol. The van der Waals surface area contributed by atoms with Crippen LogP contribution in [0.25, 0.3) is 0 Å². The number of halogens is 5. The van der Waals surface area contributed by atoms with Crippen LogP contribution in [0.2, 0.25) is 5.02 Å². The van der Waals surface area contributed by atoms with Crippen LogP contribution in [0.4, 0.5) is 17.6 Å². The molecular weight excluding hydrogens is 344 g/mol. The van der Waals surface area contributed by atoms with Gasteiger partial charge in [-0.15, -0.1) is 0 Å². The molecule has 0 spiro atoms. The Labute approximate surface area is 145 Å². The first-order chi connectivity index (χ1) is 11.2.